The van der Waals surface area contributed by atoms with Gasteiger partial charge in [-0.15, -0.1) is 10.2 Å². The van der Waals surface area contributed by atoms with Crippen molar-refractivity contribution in [1.29, 1.82) is 0 Å². The molecule has 4 rings (SSSR count). The van der Waals surface area contributed by atoms with Gasteiger partial charge in [-0.2, -0.15) is 0 Å². The number of likely N-dealkylation sites (tertiary alicyclic amines) is 1. The second kappa shape index (κ2) is 6.79. The lowest BCUT2D eigenvalue weighted by atomic mass is 9.86. The van der Waals surface area contributed by atoms with Gasteiger partial charge in [0.2, 0.25) is 17.7 Å². The van der Waals surface area contributed by atoms with Crippen LogP contribution in [0.1, 0.15) is 49.1 Å². The zero-order valence-electron chi connectivity index (χ0n) is 14.3. The Morgan fingerprint density at radius 3 is 2.56 bits per heavy atom. The van der Waals surface area contributed by atoms with Gasteiger partial charge in [-0.1, -0.05) is 23.7 Å². The largest absolute Gasteiger partial charge is 0.426 e. The van der Waals surface area contributed by atoms with Crippen molar-refractivity contribution >= 4 is 17.5 Å². The minimum Gasteiger partial charge on any atom is -0.426 e. The number of carbonyl (C=O) groups is 1. The quantitative estimate of drug-likeness (QED) is 0.810. The average molecular weight is 360 g/mol. The summed E-state index contributed by atoms with van der Waals surface area (Å²) in [7, 11) is 0. The number of hydrogen-bond acceptors (Lipinski definition) is 4. The minimum atomic E-state index is -0.0675. The van der Waals surface area contributed by atoms with Crippen molar-refractivity contribution in [2.24, 2.45) is 11.8 Å². The molecule has 1 saturated carbocycles. The lowest BCUT2D eigenvalue weighted by Crippen LogP contribution is -2.45. The first-order chi connectivity index (χ1) is 12.1. The number of amides is 1. The lowest BCUT2D eigenvalue weighted by molar-refractivity contribution is -0.142. The van der Waals surface area contributed by atoms with Gasteiger partial charge in [0.05, 0.1) is 6.04 Å². The number of carbonyl (C=O) groups excluding carboxylic acids is 1. The zero-order valence-corrected chi connectivity index (χ0v) is 15.1. The molecule has 6 heteroatoms. The molecule has 2 aromatic rings. The Balaban J connectivity index is 1.53. The Hall–Kier alpha value is -1.88. The van der Waals surface area contributed by atoms with Crippen LogP contribution in [-0.2, 0) is 11.2 Å². The fraction of sp³-hybridized carbons (Fsp3) is 0.526. The van der Waals surface area contributed by atoms with Crippen LogP contribution >= 0.6 is 11.6 Å². The van der Waals surface area contributed by atoms with Gasteiger partial charge in [-0.3, -0.25) is 4.79 Å². The van der Waals surface area contributed by atoms with Crippen LogP contribution in [0.25, 0.3) is 0 Å². The zero-order chi connectivity index (χ0) is 17.4. The fourth-order valence-electron chi connectivity index (χ4n) is 3.67. The molecule has 1 aromatic carbocycles. The highest BCUT2D eigenvalue weighted by Crippen LogP contribution is 2.39. The highest BCUT2D eigenvalue weighted by molar-refractivity contribution is 6.30. The summed E-state index contributed by atoms with van der Waals surface area (Å²) in [6.07, 6.45) is 4.79. The average Bonchev–Trinajstić information content (AvgIpc) is 3.33. The predicted molar refractivity (Wildman–Crippen MR) is 94.1 cm³/mol. The second-order valence-electron chi connectivity index (χ2n) is 7.19. The summed E-state index contributed by atoms with van der Waals surface area (Å²) < 4.78 is 5.48. The van der Waals surface area contributed by atoms with Crippen molar-refractivity contribution in [3.8, 4) is 0 Å². The predicted octanol–water partition coefficient (Wildman–Crippen LogP) is 3.96. The first-order valence-electron chi connectivity index (χ1n) is 8.95. The Kier molecular flexibility index (Phi) is 4.50. The third-order valence-electron chi connectivity index (χ3n) is 5.19. The van der Waals surface area contributed by atoms with Crippen LogP contribution in [-0.4, -0.2) is 27.5 Å². The maximum atomic E-state index is 13.2. The third kappa shape index (κ3) is 3.71. The van der Waals surface area contributed by atoms with E-state index >= 15 is 0 Å². The van der Waals surface area contributed by atoms with Gasteiger partial charge < -0.3 is 9.32 Å². The summed E-state index contributed by atoms with van der Waals surface area (Å²) in [5, 5.41) is 8.65. The van der Waals surface area contributed by atoms with Gasteiger partial charge in [0.25, 0.3) is 0 Å². The maximum Gasteiger partial charge on any atom is 0.226 e. The summed E-state index contributed by atoms with van der Waals surface area (Å²) in [5.74, 6) is 1.92. The molecule has 1 unspecified atom stereocenters. The van der Waals surface area contributed by atoms with Crippen LogP contribution in [0.5, 0.6) is 0 Å². The Morgan fingerprint density at radius 1 is 1.16 bits per heavy atom. The Bertz CT molecular complexity index is 754. The Labute approximate surface area is 152 Å². The van der Waals surface area contributed by atoms with E-state index in [1.54, 1.807) is 6.92 Å². The maximum absolute atomic E-state index is 13.2. The standard InChI is InChI=1S/C19H22ClN3O2/c1-12-21-22-18(25-12)10-15-6-9-17(14-4-7-16(20)8-5-14)23(19(15)24)11-13-2-3-13/h4-5,7-8,13,15,17H,2-3,6,9-11H2,1H3/t15?,17-/m0/s1. The number of piperidine rings is 1. The van der Waals surface area contributed by atoms with Crippen LogP contribution in [0.2, 0.25) is 5.02 Å². The summed E-state index contributed by atoms with van der Waals surface area (Å²) in [6, 6.07) is 8.04. The van der Waals surface area contributed by atoms with Crippen molar-refractivity contribution in [2.75, 3.05) is 6.54 Å². The highest BCUT2D eigenvalue weighted by Gasteiger charge is 2.39. The van der Waals surface area contributed by atoms with E-state index in [0.29, 0.717) is 24.1 Å². The van der Waals surface area contributed by atoms with Crippen molar-refractivity contribution in [3.63, 3.8) is 0 Å². The van der Waals surface area contributed by atoms with Gasteiger partial charge in [-0.05, 0) is 49.3 Å². The molecule has 1 aliphatic carbocycles. The lowest BCUT2D eigenvalue weighted by Gasteiger charge is -2.39. The summed E-state index contributed by atoms with van der Waals surface area (Å²) in [5.41, 5.74) is 1.17. The molecule has 1 saturated heterocycles. The molecule has 2 aliphatic rings. The number of hydrogen-bond donors (Lipinski definition) is 0. The molecule has 0 spiro atoms. The molecule has 0 N–H and O–H groups in total. The summed E-state index contributed by atoms with van der Waals surface area (Å²) >= 11 is 6.02. The van der Waals surface area contributed by atoms with Gasteiger partial charge in [-0.25, -0.2) is 0 Å². The third-order valence-corrected chi connectivity index (χ3v) is 5.44. The molecule has 0 radical (unpaired) electrons. The van der Waals surface area contributed by atoms with E-state index < -0.39 is 0 Å². The number of aryl methyl sites for hydroxylation is 1. The van der Waals surface area contributed by atoms with Gasteiger partial charge in [0.1, 0.15) is 0 Å². The number of nitrogens with zero attached hydrogens (tertiary/aromatic N) is 3. The normalized spacial score (nSPS) is 23.9. The van der Waals surface area contributed by atoms with E-state index in [-0.39, 0.29) is 17.9 Å². The molecule has 2 fully saturated rings. The van der Waals surface area contributed by atoms with E-state index in [1.807, 2.05) is 24.3 Å². The van der Waals surface area contributed by atoms with Gasteiger partial charge in [0.15, 0.2) is 0 Å². The summed E-state index contributed by atoms with van der Waals surface area (Å²) in [6.45, 7) is 2.63. The van der Waals surface area contributed by atoms with Crippen molar-refractivity contribution in [2.45, 2.75) is 45.1 Å². The second-order valence-corrected chi connectivity index (χ2v) is 7.63. The molecule has 1 aromatic heterocycles. The first-order valence-corrected chi connectivity index (χ1v) is 9.33. The molecular formula is C19H22ClN3O2. The van der Waals surface area contributed by atoms with Crippen molar-refractivity contribution < 1.29 is 9.21 Å². The molecule has 2 atom stereocenters. The smallest absolute Gasteiger partial charge is 0.226 e. The number of aromatic nitrogens is 2. The number of benzene rings is 1. The molecule has 2 heterocycles. The monoisotopic (exact) mass is 359 g/mol. The topological polar surface area (TPSA) is 59.2 Å². The number of halogens is 1. The molecule has 1 aliphatic heterocycles. The van der Waals surface area contributed by atoms with Gasteiger partial charge >= 0.3 is 0 Å². The molecule has 132 valence electrons. The SMILES string of the molecule is Cc1nnc(CC2CC[C@@H](c3ccc(Cl)cc3)N(CC3CC3)C2=O)o1. The van der Waals surface area contributed by atoms with Crippen LogP contribution < -0.4 is 0 Å². The highest BCUT2D eigenvalue weighted by atomic mass is 35.5. The minimum absolute atomic E-state index is 0.0675. The van der Waals surface area contributed by atoms with E-state index in [1.165, 1.54) is 18.4 Å². The first kappa shape index (κ1) is 16.6. The molecular weight excluding hydrogens is 338 g/mol. The van der Waals surface area contributed by atoms with Crippen molar-refractivity contribution in [1.82, 2.24) is 15.1 Å². The van der Waals surface area contributed by atoms with Crippen LogP contribution in [0.3, 0.4) is 0 Å². The van der Waals surface area contributed by atoms with E-state index in [4.69, 9.17) is 16.0 Å². The van der Waals surface area contributed by atoms with Crippen LogP contribution in [0, 0.1) is 18.8 Å². The van der Waals surface area contributed by atoms with E-state index in [0.717, 1.165) is 24.4 Å². The van der Waals surface area contributed by atoms with Crippen LogP contribution in [0.15, 0.2) is 28.7 Å². The van der Waals surface area contributed by atoms with Crippen molar-refractivity contribution in [3.05, 3.63) is 46.6 Å². The molecule has 0 bridgehead atoms. The molecule has 25 heavy (non-hydrogen) atoms. The van der Waals surface area contributed by atoms with E-state index in [2.05, 4.69) is 15.1 Å². The van der Waals surface area contributed by atoms with E-state index in [9.17, 15) is 4.79 Å². The molecule has 1 amide bonds. The number of rotatable bonds is 5. The Morgan fingerprint density at radius 2 is 1.92 bits per heavy atom. The van der Waals surface area contributed by atoms with Crippen LogP contribution in [0.4, 0.5) is 0 Å². The molecule has 5 nitrogen and oxygen atoms in total. The van der Waals surface area contributed by atoms with Gasteiger partial charge in [0, 0.05) is 30.8 Å². The summed E-state index contributed by atoms with van der Waals surface area (Å²) in [4.78, 5) is 15.2. The fourth-order valence-corrected chi connectivity index (χ4v) is 3.80.